The minimum Gasteiger partial charge on any atom is -0.461 e. The van der Waals surface area contributed by atoms with Gasteiger partial charge in [0, 0.05) is 0 Å². The molecule has 0 amide bonds. The SMILES string of the molecule is CS(=O)(=O)OC1C(=O)OC[C@@H]1O. The molecule has 0 aromatic rings. The van der Waals surface area contributed by atoms with Crippen molar-refractivity contribution >= 4 is 16.1 Å². The predicted molar refractivity (Wildman–Crippen MR) is 36.7 cm³/mol. The van der Waals surface area contributed by atoms with Gasteiger partial charge in [0.25, 0.3) is 10.1 Å². The van der Waals surface area contributed by atoms with E-state index in [0.717, 1.165) is 6.26 Å². The molecule has 7 heteroatoms. The number of cyclic esters (lactones) is 1. The Morgan fingerprint density at radius 3 is 2.58 bits per heavy atom. The maximum Gasteiger partial charge on any atom is 0.339 e. The van der Waals surface area contributed by atoms with E-state index in [4.69, 9.17) is 5.11 Å². The van der Waals surface area contributed by atoms with E-state index < -0.39 is 28.3 Å². The van der Waals surface area contributed by atoms with Gasteiger partial charge < -0.3 is 9.84 Å². The highest BCUT2D eigenvalue weighted by atomic mass is 32.2. The van der Waals surface area contributed by atoms with Gasteiger partial charge in [0.05, 0.1) is 6.26 Å². The summed E-state index contributed by atoms with van der Waals surface area (Å²) >= 11 is 0. The fourth-order valence-corrected chi connectivity index (χ4v) is 1.37. The Balaban J connectivity index is 2.69. The first-order chi connectivity index (χ1) is 5.40. The quantitative estimate of drug-likeness (QED) is 0.416. The van der Waals surface area contributed by atoms with Crippen molar-refractivity contribution in [2.75, 3.05) is 12.9 Å². The molecule has 1 saturated heterocycles. The van der Waals surface area contributed by atoms with Crippen molar-refractivity contribution in [3.63, 3.8) is 0 Å². The molecule has 0 bridgehead atoms. The summed E-state index contributed by atoms with van der Waals surface area (Å²) in [5.41, 5.74) is 0. The number of aliphatic hydroxyl groups excluding tert-OH is 1. The van der Waals surface area contributed by atoms with Crippen molar-refractivity contribution in [1.29, 1.82) is 0 Å². The lowest BCUT2D eigenvalue weighted by molar-refractivity contribution is -0.143. The summed E-state index contributed by atoms with van der Waals surface area (Å²) < 4.78 is 29.7. The maximum atomic E-state index is 10.7. The first-order valence-corrected chi connectivity index (χ1v) is 4.95. The molecule has 1 rings (SSSR count). The minimum absolute atomic E-state index is 0.223. The zero-order valence-electron chi connectivity index (χ0n) is 6.26. The van der Waals surface area contributed by atoms with E-state index in [1.54, 1.807) is 0 Å². The molecule has 0 aromatic heterocycles. The van der Waals surface area contributed by atoms with Crippen LogP contribution in [0.15, 0.2) is 0 Å². The van der Waals surface area contributed by atoms with Gasteiger partial charge in [-0.3, -0.25) is 4.18 Å². The van der Waals surface area contributed by atoms with Gasteiger partial charge in [0.15, 0.2) is 0 Å². The molecule has 6 nitrogen and oxygen atoms in total. The molecule has 70 valence electrons. The van der Waals surface area contributed by atoms with Crippen LogP contribution in [-0.2, 0) is 23.8 Å². The van der Waals surface area contributed by atoms with Crippen LogP contribution in [0.1, 0.15) is 0 Å². The number of esters is 1. The average Bonchev–Trinajstić information content (AvgIpc) is 2.16. The largest absolute Gasteiger partial charge is 0.461 e. The zero-order chi connectivity index (χ0) is 9.35. The molecule has 12 heavy (non-hydrogen) atoms. The molecule has 1 aliphatic heterocycles. The highest BCUT2D eigenvalue weighted by Crippen LogP contribution is 2.13. The summed E-state index contributed by atoms with van der Waals surface area (Å²) in [7, 11) is -3.73. The van der Waals surface area contributed by atoms with Crippen LogP contribution in [0, 0.1) is 0 Å². The number of aliphatic hydroxyl groups is 1. The van der Waals surface area contributed by atoms with Crippen molar-refractivity contribution in [1.82, 2.24) is 0 Å². The summed E-state index contributed by atoms with van der Waals surface area (Å²) in [6.07, 6.45) is -1.81. The predicted octanol–water partition coefficient (Wildman–Crippen LogP) is -1.75. The van der Waals surface area contributed by atoms with Crippen LogP contribution in [0.4, 0.5) is 0 Å². The number of rotatable bonds is 2. The van der Waals surface area contributed by atoms with E-state index >= 15 is 0 Å². The van der Waals surface area contributed by atoms with Crippen molar-refractivity contribution in [2.24, 2.45) is 0 Å². The first-order valence-electron chi connectivity index (χ1n) is 3.13. The highest BCUT2D eigenvalue weighted by molar-refractivity contribution is 7.86. The van der Waals surface area contributed by atoms with E-state index in [-0.39, 0.29) is 6.61 Å². The Morgan fingerprint density at radius 1 is 1.67 bits per heavy atom. The monoisotopic (exact) mass is 196 g/mol. The fourth-order valence-electron chi connectivity index (χ4n) is 0.786. The first kappa shape index (κ1) is 9.43. The van der Waals surface area contributed by atoms with Crippen LogP contribution < -0.4 is 0 Å². The molecule has 1 fully saturated rings. The number of carbonyl (C=O) groups excluding carboxylic acids is 1. The summed E-state index contributed by atoms with van der Waals surface area (Å²) in [6.45, 7) is -0.223. The van der Waals surface area contributed by atoms with E-state index in [9.17, 15) is 13.2 Å². The molecule has 0 aromatic carbocycles. The van der Waals surface area contributed by atoms with Crippen molar-refractivity contribution in [2.45, 2.75) is 12.2 Å². The summed E-state index contributed by atoms with van der Waals surface area (Å²) in [5, 5.41) is 8.99. The summed E-state index contributed by atoms with van der Waals surface area (Å²) in [5.74, 6) is -0.854. The van der Waals surface area contributed by atoms with E-state index in [1.807, 2.05) is 0 Å². The molecule has 1 N–H and O–H groups in total. The Bertz CT molecular complexity index is 280. The molecule has 2 atom stereocenters. The third kappa shape index (κ3) is 2.16. The van der Waals surface area contributed by atoms with E-state index in [2.05, 4.69) is 8.92 Å². The lowest BCUT2D eigenvalue weighted by Crippen LogP contribution is -2.32. The normalized spacial score (nSPS) is 30.3. The molecule has 1 heterocycles. The molecular formula is C5H8O6S. The number of ether oxygens (including phenoxy) is 1. The molecular weight excluding hydrogens is 188 g/mol. The number of hydrogen-bond donors (Lipinski definition) is 1. The second-order valence-corrected chi connectivity index (χ2v) is 4.02. The Morgan fingerprint density at radius 2 is 2.25 bits per heavy atom. The van der Waals surface area contributed by atoms with Crippen molar-refractivity contribution < 1.29 is 27.2 Å². The van der Waals surface area contributed by atoms with E-state index in [0.29, 0.717) is 0 Å². The molecule has 0 saturated carbocycles. The second-order valence-electron chi connectivity index (χ2n) is 2.42. The van der Waals surface area contributed by atoms with Crippen molar-refractivity contribution in [3.8, 4) is 0 Å². The van der Waals surface area contributed by atoms with Gasteiger partial charge in [-0.05, 0) is 0 Å². The fraction of sp³-hybridized carbons (Fsp3) is 0.800. The van der Waals surface area contributed by atoms with Crippen LogP contribution in [-0.4, -0.2) is 44.6 Å². The highest BCUT2D eigenvalue weighted by Gasteiger charge is 2.39. The van der Waals surface area contributed by atoms with E-state index in [1.165, 1.54) is 0 Å². The topological polar surface area (TPSA) is 89.9 Å². The van der Waals surface area contributed by atoms with Crippen LogP contribution in [0.3, 0.4) is 0 Å². The Kier molecular flexibility index (Phi) is 2.36. The van der Waals surface area contributed by atoms with Gasteiger partial charge in [-0.2, -0.15) is 8.42 Å². The van der Waals surface area contributed by atoms with Gasteiger partial charge >= 0.3 is 5.97 Å². The molecule has 0 radical (unpaired) electrons. The Labute approximate surface area is 69.2 Å². The van der Waals surface area contributed by atoms with Gasteiger partial charge in [-0.25, -0.2) is 4.79 Å². The minimum atomic E-state index is -3.73. The van der Waals surface area contributed by atoms with Crippen LogP contribution in [0.25, 0.3) is 0 Å². The smallest absolute Gasteiger partial charge is 0.339 e. The molecule has 0 spiro atoms. The molecule has 1 aliphatic rings. The average molecular weight is 196 g/mol. The number of carbonyl (C=O) groups is 1. The number of hydrogen-bond acceptors (Lipinski definition) is 6. The van der Waals surface area contributed by atoms with Crippen LogP contribution in [0.2, 0.25) is 0 Å². The standard InChI is InChI=1S/C5H8O6S/c1-12(8,9)11-4-3(6)2-10-5(4)7/h3-4,6H,2H2,1H3/t3-,4?/m0/s1. The van der Waals surface area contributed by atoms with Crippen molar-refractivity contribution in [3.05, 3.63) is 0 Å². The lowest BCUT2D eigenvalue weighted by atomic mass is 10.3. The molecule has 0 aliphatic carbocycles. The summed E-state index contributed by atoms with van der Waals surface area (Å²) in [4.78, 5) is 10.7. The second kappa shape index (κ2) is 3.00. The van der Waals surface area contributed by atoms with Crippen LogP contribution in [0.5, 0.6) is 0 Å². The van der Waals surface area contributed by atoms with Gasteiger partial charge in [0.1, 0.15) is 12.7 Å². The van der Waals surface area contributed by atoms with Gasteiger partial charge in [-0.1, -0.05) is 0 Å². The van der Waals surface area contributed by atoms with Gasteiger partial charge in [0.2, 0.25) is 6.10 Å². The third-order valence-electron chi connectivity index (χ3n) is 1.26. The summed E-state index contributed by atoms with van der Waals surface area (Å²) in [6, 6.07) is 0. The maximum absolute atomic E-state index is 10.7. The third-order valence-corrected chi connectivity index (χ3v) is 1.81. The van der Waals surface area contributed by atoms with Gasteiger partial charge in [-0.15, -0.1) is 0 Å². The molecule has 1 unspecified atom stereocenters. The van der Waals surface area contributed by atoms with Crippen LogP contribution >= 0.6 is 0 Å². The lowest BCUT2D eigenvalue weighted by Gasteiger charge is -2.07. The zero-order valence-corrected chi connectivity index (χ0v) is 7.08. The Hall–Kier alpha value is -0.660.